The topological polar surface area (TPSA) is 26.3 Å². The van der Waals surface area contributed by atoms with Crippen LogP contribution < -0.4 is 0 Å². The molecule has 0 fully saturated rings. The molecule has 1 unspecified atom stereocenters. The van der Waals surface area contributed by atoms with E-state index in [0.29, 0.717) is 18.6 Å². The normalized spacial score (nSPS) is 13.2. The summed E-state index contributed by atoms with van der Waals surface area (Å²) in [7, 11) is 0. The van der Waals surface area contributed by atoms with Crippen molar-refractivity contribution in [3.63, 3.8) is 0 Å². The van der Waals surface area contributed by atoms with Gasteiger partial charge in [-0.1, -0.05) is 13.3 Å². The van der Waals surface area contributed by atoms with Crippen LogP contribution in [0.5, 0.6) is 0 Å². The standard InChI is InChI=1S/C13H14F4O2/c1-3-4-8(2)19-12(18)9-5-6-10(11(14)7-9)13(15,16)17/h5-8H,3-4H2,1-2H3. The summed E-state index contributed by atoms with van der Waals surface area (Å²) in [5, 5.41) is 0. The molecule has 0 saturated heterocycles. The molecule has 0 amide bonds. The fraction of sp³-hybridized carbons (Fsp3) is 0.462. The predicted molar refractivity (Wildman–Crippen MR) is 61.2 cm³/mol. The number of ether oxygens (including phenoxy) is 1. The molecule has 0 heterocycles. The van der Waals surface area contributed by atoms with Crippen molar-refractivity contribution >= 4 is 5.97 Å². The Bertz CT molecular complexity index is 454. The Labute approximate surface area is 108 Å². The van der Waals surface area contributed by atoms with Gasteiger partial charge in [-0.05, 0) is 31.5 Å². The van der Waals surface area contributed by atoms with Crippen LogP contribution >= 0.6 is 0 Å². The Morgan fingerprint density at radius 1 is 1.37 bits per heavy atom. The van der Waals surface area contributed by atoms with E-state index >= 15 is 0 Å². The van der Waals surface area contributed by atoms with Gasteiger partial charge in [0.25, 0.3) is 0 Å². The minimum Gasteiger partial charge on any atom is -0.459 e. The maximum absolute atomic E-state index is 13.3. The summed E-state index contributed by atoms with van der Waals surface area (Å²) < 4.78 is 55.2. The highest BCUT2D eigenvalue weighted by Crippen LogP contribution is 2.31. The SMILES string of the molecule is CCCC(C)OC(=O)c1ccc(C(F)(F)F)c(F)c1. The van der Waals surface area contributed by atoms with Crippen molar-refractivity contribution in [2.24, 2.45) is 0 Å². The van der Waals surface area contributed by atoms with E-state index in [1.165, 1.54) is 0 Å². The van der Waals surface area contributed by atoms with Crippen molar-refractivity contribution < 1.29 is 27.1 Å². The summed E-state index contributed by atoms with van der Waals surface area (Å²) in [5.74, 6) is -2.31. The first-order chi connectivity index (χ1) is 8.75. The fourth-order valence-corrected chi connectivity index (χ4v) is 1.59. The molecule has 1 aromatic carbocycles. The molecule has 1 rings (SSSR count). The summed E-state index contributed by atoms with van der Waals surface area (Å²) >= 11 is 0. The molecule has 0 radical (unpaired) electrons. The Morgan fingerprint density at radius 3 is 2.47 bits per heavy atom. The second-order valence-electron chi connectivity index (χ2n) is 4.20. The molecule has 106 valence electrons. The van der Waals surface area contributed by atoms with E-state index in [2.05, 4.69) is 0 Å². The maximum atomic E-state index is 13.3. The predicted octanol–water partition coefficient (Wildman–Crippen LogP) is 4.19. The van der Waals surface area contributed by atoms with Gasteiger partial charge in [0.2, 0.25) is 0 Å². The number of benzene rings is 1. The zero-order valence-electron chi connectivity index (χ0n) is 10.6. The van der Waals surface area contributed by atoms with Crippen LogP contribution in [0.1, 0.15) is 42.6 Å². The fourth-order valence-electron chi connectivity index (χ4n) is 1.59. The van der Waals surface area contributed by atoms with Gasteiger partial charge < -0.3 is 4.74 Å². The first-order valence-corrected chi connectivity index (χ1v) is 5.83. The number of esters is 1. The van der Waals surface area contributed by atoms with Gasteiger partial charge in [0.1, 0.15) is 5.82 Å². The van der Waals surface area contributed by atoms with Crippen LogP contribution in [0, 0.1) is 5.82 Å². The van der Waals surface area contributed by atoms with Crippen LogP contribution in [0.3, 0.4) is 0 Å². The van der Waals surface area contributed by atoms with Crippen LogP contribution in [0.4, 0.5) is 17.6 Å². The van der Waals surface area contributed by atoms with Crippen molar-refractivity contribution in [3.05, 3.63) is 35.1 Å². The number of carbonyl (C=O) groups is 1. The molecule has 0 saturated carbocycles. The Morgan fingerprint density at radius 2 is 2.00 bits per heavy atom. The number of hydrogen-bond donors (Lipinski definition) is 0. The lowest BCUT2D eigenvalue weighted by Crippen LogP contribution is -2.16. The first kappa shape index (κ1) is 15.5. The quantitative estimate of drug-likeness (QED) is 0.609. The van der Waals surface area contributed by atoms with Crippen molar-refractivity contribution in [2.75, 3.05) is 0 Å². The third-order valence-electron chi connectivity index (χ3n) is 2.51. The van der Waals surface area contributed by atoms with E-state index in [0.717, 1.165) is 12.5 Å². The van der Waals surface area contributed by atoms with E-state index < -0.39 is 23.5 Å². The molecule has 0 aliphatic carbocycles. The maximum Gasteiger partial charge on any atom is 0.419 e. The van der Waals surface area contributed by atoms with Gasteiger partial charge in [-0.25, -0.2) is 9.18 Å². The monoisotopic (exact) mass is 278 g/mol. The van der Waals surface area contributed by atoms with Crippen LogP contribution in [0.25, 0.3) is 0 Å². The van der Waals surface area contributed by atoms with E-state index in [9.17, 15) is 22.4 Å². The largest absolute Gasteiger partial charge is 0.459 e. The number of rotatable bonds is 4. The molecule has 19 heavy (non-hydrogen) atoms. The molecule has 0 bridgehead atoms. The molecule has 1 atom stereocenters. The van der Waals surface area contributed by atoms with Gasteiger partial charge in [0, 0.05) is 0 Å². The third kappa shape index (κ3) is 4.22. The lowest BCUT2D eigenvalue weighted by atomic mass is 10.1. The molecular weight excluding hydrogens is 264 g/mol. The van der Waals surface area contributed by atoms with Crippen LogP contribution in [-0.4, -0.2) is 12.1 Å². The smallest absolute Gasteiger partial charge is 0.419 e. The summed E-state index contributed by atoms with van der Waals surface area (Å²) in [5.41, 5.74) is -1.63. The summed E-state index contributed by atoms with van der Waals surface area (Å²) in [6.07, 6.45) is -3.70. The molecule has 0 aromatic heterocycles. The van der Waals surface area contributed by atoms with Crippen molar-refractivity contribution in [1.29, 1.82) is 0 Å². The van der Waals surface area contributed by atoms with Gasteiger partial charge in [0.15, 0.2) is 0 Å². The number of halogens is 4. The average molecular weight is 278 g/mol. The van der Waals surface area contributed by atoms with Gasteiger partial charge >= 0.3 is 12.1 Å². The highest BCUT2D eigenvalue weighted by molar-refractivity contribution is 5.89. The van der Waals surface area contributed by atoms with Crippen molar-refractivity contribution in [2.45, 2.75) is 39.0 Å². The Kier molecular flexibility index (Phi) is 4.91. The minimum atomic E-state index is -4.78. The van der Waals surface area contributed by atoms with Gasteiger partial charge in [-0.3, -0.25) is 0 Å². The second kappa shape index (κ2) is 6.04. The van der Waals surface area contributed by atoms with Crippen molar-refractivity contribution in [3.8, 4) is 0 Å². The molecule has 0 aliphatic heterocycles. The van der Waals surface area contributed by atoms with Gasteiger partial charge in [0.05, 0.1) is 17.2 Å². The second-order valence-corrected chi connectivity index (χ2v) is 4.20. The summed E-state index contributed by atoms with van der Waals surface area (Å²) in [6.45, 7) is 3.57. The highest BCUT2D eigenvalue weighted by Gasteiger charge is 2.34. The van der Waals surface area contributed by atoms with Gasteiger partial charge in [-0.15, -0.1) is 0 Å². The zero-order chi connectivity index (χ0) is 14.6. The lowest BCUT2D eigenvalue weighted by molar-refractivity contribution is -0.140. The summed E-state index contributed by atoms with van der Waals surface area (Å²) in [4.78, 5) is 11.6. The highest BCUT2D eigenvalue weighted by atomic mass is 19.4. The molecule has 2 nitrogen and oxygen atoms in total. The molecular formula is C13H14F4O2. The molecule has 1 aromatic rings. The number of carbonyl (C=O) groups excluding carboxylic acids is 1. The van der Waals surface area contributed by atoms with E-state index in [1.807, 2.05) is 6.92 Å². The average Bonchev–Trinajstić information content (AvgIpc) is 2.27. The van der Waals surface area contributed by atoms with Crippen molar-refractivity contribution in [1.82, 2.24) is 0 Å². The Balaban J connectivity index is 2.86. The Hall–Kier alpha value is -1.59. The lowest BCUT2D eigenvalue weighted by Gasteiger charge is -2.13. The first-order valence-electron chi connectivity index (χ1n) is 5.83. The summed E-state index contributed by atoms with van der Waals surface area (Å²) in [6, 6.07) is 1.99. The number of alkyl halides is 3. The van der Waals surface area contributed by atoms with E-state index in [1.54, 1.807) is 6.92 Å². The molecule has 0 aliphatic rings. The molecule has 0 N–H and O–H groups in total. The van der Waals surface area contributed by atoms with Gasteiger partial charge in [-0.2, -0.15) is 13.2 Å². The van der Waals surface area contributed by atoms with Crippen LogP contribution in [0.2, 0.25) is 0 Å². The number of hydrogen-bond acceptors (Lipinski definition) is 2. The van der Waals surface area contributed by atoms with E-state index in [-0.39, 0.29) is 11.7 Å². The van der Waals surface area contributed by atoms with E-state index in [4.69, 9.17) is 4.74 Å². The molecule has 6 heteroatoms. The molecule has 0 spiro atoms. The minimum absolute atomic E-state index is 0.228. The van der Waals surface area contributed by atoms with Crippen LogP contribution in [0.15, 0.2) is 18.2 Å². The third-order valence-corrected chi connectivity index (χ3v) is 2.51. The zero-order valence-corrected chi connectivity index (χ0v) is 10.6. The van der Waals surface area contributed by atoms with Crippen LogP contribution in [-0.2, 0) is 10.9 Å².